The third kappa shape index (κ3) is 4.22. The van der Waals surface area contributed by atoms with Gasteiger partial charge in [0.1, 0.15) is 0 Å². The van der Waals surface area contributed by atoms with Crippen molar-refractivity contribution in [3.8, 4) is 0 Å². The van der Waals surface area contributed by atoms with Gasteiger partial charge in [0.05, 0.1) is 10.8 Å². The lowest BCUT2D eigenvalue weighted by Gasteiger charge is -2.31. The highest BCUT2D eigenvalue weighted by atomic mass is 32.2. The lowest BCUT2D eigenvalue weighted by atomic mass is 9.98. The number of carbonyl (C=O) groups is 1. The highest BCUT2D eigenvalue weighted by molar-refractivity contribution is 7.89. The van der Waals surface area contributed by atoms with Crippen molar-refractivity contribution in [2.24, 2.45) is 5.92 Å². The summed E-state index contributed by atoms with van der Waals surface area (Å²) < 4.78 is 27.7. The molecule has 6 heteroatoms. The van der Waals surface area contributed by atoms with E-state index in [-0.39, 0.29) is 18.4 Å². The molecule has 144 valence electrons. The zero-order valence-electron chi connectivity index (χ0n) is 16.0. The summed E-state index contributed by atoms with van der Waals surface area (Å²) in [6.07, 6.45) is 1.37. The van der Waals surface area contributed by atoms with Crippen molar-refractivity contribution in [3.63, 3.8) is 0 Å². The largest absolute Gasteiger partial charge is 0.326 e. The van der Waals surface area contributed by atoms with Crippen molar-refractivity contribution in [1.29, 1.82) is 0 Å². The van der Waals surface area contributed by atoms with Gasteiger partial charge in [-0.05, 0) is 62.4 Å². The Kier molecular flexibility index (Phi) is 5.67. The molecule has 1 fully saturated rings. The topological polar surface area (TPSA) is 66.5 Å². The maximum atomic E-state index is 13.1. The van der Waals surface area contributed by atoms with Crippen LogP contribution in [0.5, 0.6) is 0 Å². The van der Waals surface area contributed by atoms with Crippen molar-refractivity contribution in [1.82, 2.24) is 4.31 Å². The van der Waals surface area contributed by atoms with Crippen molar-refractivity contribution in [3.05, 3.63) is 59.2 Å². The molecule has 2 aromatic carbocycles. The number of aryl methyl sites for hydroxylation is 3. The van der Waals surface area contributed by atoms with Crippen molar-refractivity contribution < 1.29 is 13.2 Å². The summed E-state index contributed by atoms with van der Waals surface area (Å²) in [5.74, 6) is -0.469. The molecule has 1 heterocycles. The highest BCUT2D eigenvalue weighted by Crippen LogP contribution is 2.27. The number of sulfonamides is 1. The van der Waals surface area contributed by atoms with Gasteiger partial charge in [0.15, 0.2) is 0 Å². The zero-order chi connectivity index (χ0) is 19.6. The molecule has 1 atom stereocenters. The average molecular weight is 387 g/mol. The summed E-state index contributed by atoms with van der Waals surface area (Å²) in [6.45, 7) is 6.29. The van der Waals surface area contributed by atoms with Crippen LogP contribution < -0.4 is 5.32 Å². The van der Waals surface area contributed by atoms with E-state index in [0.29, 0.717) is 24.3 Å². The van der Waals surface area contributed by atoms with E-state index >= 15 is 0 Å². The maximum absolute atomic E-state index is 13.1. The minimum Gasteiger partial charge on any atom is -0.326 e. The maximum Gasteiger partial charge on any atom is 0.243 e. The number of benzene rings is 2. The summed E-state index contributed by atoms with van der Waals surface area (Å²) >= 11 is 0. The number of piperidine rings is 1. The number of carbonyl (C=O) groups excluding carboxylic acids is 1. The number of anilines is 1. The second-order valence-electron chi connectivity index (χ2n) is 7.28. The number of nitrogens with one attached hydrogen (secondary N) is 1. The summed E-state index contributed by atoms with van der Waals surface area (Å²) in [4.78, 5) is 13.1. The van der Waals surface area contributed by atoms with Crippen LogP contribution in [0.2, 0.25) is 0 Å². The van der Waals surface area contributed by atoms with Gasteiger partial charge >= 0.3 is 0 Å². The minimum atomic E-state index is -3.61. The first-order valence-corrected chi connectivity index (χ1v) is 10.7. The molecule has 0 saturated carbocycles. The summed E-state index contributed by atoms with van der Waals surface area (Å²) in [6, 6.07) is 13.0. The lowest BCUT2D eigenvalue weighted by Crippen LogP contribution is -2.43. The van der Waals surface area contributed by atoms with Gasteiger partial charge in [-0.15, -0.1) is 0 Å². The van der Waals surface area contributed by atoms with Crippen LogP contribution in [0.3, 0.4) is 0 Å². The van der Waals surface area contributed by atoms with Crippen LogP contribution in [0, 0.1) is 26.7 Å². The average Bonchev–Trinajstić information content (AvgIpc) is 2.65. The van der Waals surface area contributed by atoms with Gasteiger partial charge < -0.3 is 5.32 Å². The van der Waals surface area contributed by atoms with Gasteiger partial charge in [-0.2, -0.15) is 4.31 Å². The fraction of sp³-hybridized carbons (Fsp3) is 0.381. The van der Waals surface area contributed by atoms with Crippen LogP contribution in [0.4, 0.5) is 5.69 Å². The third-order valence-corrected chi connectivity index (χ3v) is 7.13. The Bertz CT molecular complexity index is 954. The van der Waals surface area contributed by atoms with Crippen LogP contribution in [-0.2, 0) is 14.8 Å². The quantitative estimate of drug-likeness (QED) is 0.872. The van der Waals surface area contributed by atoms with E-state index in [1.165, 1.54) is 4.31 Å². The SMILES string of the molecule is Cc1ccc(C)c(S(=O)(=O)N2CCC[C@@H](C(=O)Nc3ccccc3C)C2)c1. The zero-order valence-corrected chi connectivity index (χ0v) is 16.8. The molecule has 0 spiro atoms. The molecule has 0 aromatic heterocycles. The highest BCUT2D eigenvalue weighted by Gasteiger charge is 2.34. The van der Waals surface area contributed by atoms with Gasteiger partial charge in [0.25, 0.3) is 0 Å². The van der Waals surface area contributed by atoms with E-state index in [1.807, 2.05) is 50.2 Å². The van der Waals surface area contributed by atoms with E-state index in [2.05, 4.69) is 5.32 Å². The van der Waals surface area contributed by atoms with Gasteiger partial charge in [0.2, 0.25) is 15.9 Å². The number of nitrogens with zero attached hydrogens (tertiary/aromatic N) is 1. The van der Waals surface area contributed by atoms with E-state index in [4.69, 9.17) is 0 Å². The van der Waals surface area contributed by atoms with Crippen molar-refractivity contribution in [2.45, 2.75) is 38.5 Å². The predicted molar refractivity (Wildman–Crippen MR) is 107 cm³/mol. The molecule has 1 aliphatic rings. The minimum absolute atomic E-state index is 0.120. The summed E-state index contributed by atoms with van der Waals surface area (Å²) in [5, 5.41) is 2.95. The molecule has 3 rings (SSSR count). The normalized spacial score (nSPS) is 18.3. The molecule has 0 aliphatic carbocycles. The molecular weight excluding hydrogens is 360 g/mol. The fourth-order valence-corrected chi connectivity index (χ4v) is 5.28. The number of para-hydroxylation sites is 1. The predicted octanol–water partition coefficient (Wildman–Crippen LogP) is 3.65. The molecule has 27 heavy (non-hydrogen) atoms. The van der Waals surface area contributed by atoms with E-state index < -0.39 is 10.0 Å². The summed E-state index contributed by atoms with van der Waals surface area (Å²) in [7, 11) is -3.61. The van der Waals surface area contributed by atoms with Crippen LogP contribution in [0.1, 0.15) is 29.5 Å². The fourth-order valence-electron chi connectivity index (χ4n) is 3.45. The standard InChI is InChI=1S/C21H26N2O3S/c1-15-10-11-17(3)20(13-15)27(25,26)23-12-6-8-18(14-23)21(24)22-19-9-5-4-7-16(19)2/h4-5,7,9-11,13,18H,6,8,12,14H2,1-3H3,(H,22,24)/t18-/m1/s1. The van der Waals surface area contributed by atoms with E-state index in [1.54, 1.807) is 13.0 Å². The molecule has 5 nitrogen and oxygen atoms in total. The number of rotatable bonds is 4. The van der Waals surface area contributed by atoms with Gasteiger partial charge in [-0.3, -0.25) is 4.79 Å². The molecule has 1 aliphatic heterocycles. The van der Waals surface area contributed by atoms with Gasteiger partial charge in [-0.25, -0.2) is 8.42 Å². The van der Waals surface area contributed by atoms with Crippen molar-refractivity contribution >= 4 is 21.6 Å². The molecule has 1 N–H and O–H groups in total. The smallest absolute Gasteiger partial charge is 0.243 e. The first-order valence-electron chi connectivity index (χ1n) is 9.23. The Balaban J connectivity index is 1.78. The molecule has 2 aromatic rings. The molecular formula is C21H26N2O3S. The Morgan fingerprint density at radius 3 is 2.56 bits per heavy atom. The molecule has 1 amide bonds. The second kappa shape index (κ2) is 7.82. The molecule has 0 bridgehead atoms. The first-order chi connectivity index (χ1) is 12.8. The number of hydrogen-bond donors (Lipinski definition) is 1. The van der Waals surface area contributed by atoms with Crippen LogP contribution in [0.25, 0.3) is 0 Å². The molecule has 0 radical (unpaired) electrons. The van der Waals surface area contributed by atoms with Crippen LogP contribution in [-0.4, -0.2) is 31.7 Å². The monoisotopic (exact) mass is 386 g/mol. The Morgan fingerprint density at radius 2 is 1.81 bits per heavy atom. The Labute approximate surface area is 161 Å². The number of hydrogen-bond acceptors (Lipinski definition) is 3. The van der Waals surface area contributed by atoms with Gasteiger partial charge in [0, 0.05) is 18.8 Å². The third-order valence-electron chi connectivity index (χ3n) is 5.12. The van der Waals surface area contributed by atoms with Gasteiger partial charge in [-0.1, -0.05) is 30.3 Å². The Hall–Kier alpha value is -2.18. The van der Waals surface area contributed by atoms with Crippen LogP contribution >= 0.6 is 0 Å². The van der Waals surface area contributed by atoms with E-state index in [9.17, 15) is 13.2 Å². The molecule has 1 saturated heterocycles. The second-order valence-corrected chi connectivity index (χ2v) is 9.18. The Morgan fingerprint density at radius 1 is 1.07 bits per heavy atom. The lowest BCUT2D eigenvalue weighted by molar-refractivity contribution is -0.120. The van der Waals surface area contributed by atoms with E-state index in [0.717, 1.165) is 22.4 Å². The first kappa shape index (κ1) is 19.6. The number of amides is 1. The molecule has 0 unspecified atom stereocenters. The van der Waals surface area contributed by atoms with Crippen molar-refractivity contribution in [2.75, 3.05) is 18.4 Å². The van der Waals surface area contributed by atoms with Crippen LogP contribution in [0.15, 0.2) is 47.4 Å². The summed E-state index contributed by atoms with van der Waals surface area (Å²) in [5.41, 5.74) is 3.40.